The number of nitrogens with zero attached hydrogens (tertiary/aromatic N) is 1. The first kappa shape index (κ1) is 13.6. The number of carboxylic acid groups (broad SMARTS) is 1. The van der Waals surface area contributed by atoms with Crippen molar-refractivity contribution in [1.29, 1.82) is 0 Å². The van der Waals surface area contributed by atoms with E-state index in [2.05, 4.69) is 6.92 Å². The fourth-order valence-corrected chi connectivity index (χ4v) is 2.62. The number of hydrogen-bond acceptors (Lipinski definition) is 3. The van der Waals surface area contributed by atoms with Crippen LogP contribution in [0.3, 0.4) is 0 Å². The van der Waals surface area contributed by atoms with Crippen LogP contribution in [-0.2, 0) is 0 Å². The van der Waals surface area contributed by atoms with E-state index in [1.807, 2.05) is 4.90 Å². The van der Waals surface area contributed by atoms with Crippen molar-refractivity contribution in [3.63, 3.8) is 0 Å². The Kier molecular flexibility index (Phi) is 3.64. The molecule has 1 unspecified atom stereocenters. The van der Waals surface area contributed by atoms with E-state index in [1.165, 1.54) is 7.11 Å². The van der Waals surface area contributed by atoms with E-state index >= 15 is 0 Å². The van der Waals surface area contributed by atoms with Crippen LogP contribution in [0, 0.1) is 18.7 Å². The molecule has 0 spiro atoms. The van der Waals surface area contributed by atoms with Crippen molar-refractivity contribution in [2.24, 2.45) is 5.92 Å². The molecule has 0 saturated carbocycles. The normalized spacial score (nSPS) is 18.7. The number of aromatic carboxylic acids is 1. The Hall–Kier alpha value is -1.78. The van der Waals surface area contributed by atoms with Gasteiger partial charge in [-0.1, -0.05) is 6.92 Å². The molecule has 2 rings (SSSR count). The summed E-state index contributed by atoms with van der Waals surface area (Å²) in [6.45, 7) is 5.28. The summed E-state index contributed by atoms with van der Waals surface area (Å²) >= 11 is 0. The average Bonchev–Trinajstić information content (AvgIpc) is 2.77. The summed E-state index contributed by atoms with van der Waals surface area (Å²) in [7, 11) is 1.44. The monoisotopic (exact) mass is 267 g/mol. The maximum Gasteiger partial charge on any atom is 0.336 e. The highest BCUT2D eigenvalue weighted by molar-refractivity contribution is 5.91. The number of benzene rings is 1. The van der Waals surface area contributed by atoms with E-state index in [1.54, 1.807) is 6.92 Å². The van der Waals surface area contributed by atoms with Crippen LogP contribution >= 0.6 is 0 Å². The fourth-order valence-electron chi connectivity index (χ4n) is 2.62. The standard InChI is InChI=1S/C14H18FNO3/c1-8-4-5-16(7-8)12-11(15)6-10(14(17)18)9(2)13(12)19-3/h6,8H,4-5,7H2,1-3H3,(H,17,18). The van der Waals surface area contributed by atoms with E-state index in [4.69, 9.17) is 9.84 Å². The fraction of sp³-hybridized carbons (Fsp3) is 0.500. The first-order chi connectivity index (χ1) is 8.95. The van der Waals surface area contributed by atoms with Crippen LogP contribution in [-0.4, -0.2) is 31.3 Å². The van der Waals surface area contributed by atoms with Crippen molar-refractivity contribution >= 4 is 11.7 Å². The topological polar surface area (TPSA) is 49.8 Å². The highest BCUT2D eigenvalue weighted by Gasteiger charge is 2.27. The first-order valence-electron chi connectivity index (χ1n) is 6.31. The van der Waals surface area contributed by atoms with Crippen LogP contribution in [0.1, 0.15) is 29.3 Å². The lowest BCUT2D eigenvalue weighted by molar-refractivity contribution is 0.0695. The second-order valence-corrected chi connectivity index (χ2v) is 5.06. The average molecular weight is 267 g/mol. The molecule has 0 amide bonds. The summed E-state index contributed by atoms with van der Waals surface area (Å²) in [6, 6.07) is 1.08. The van der Waals surface area contributed by atoms with E-state index in [0.29, 0.717) is 22.9 Å². The van der Waals surface area contributed by atoms with Gasteiger partial charge in [0.25, 0.3) is 0 Å². The van der Waals surface area contributed by atoms with Gasteiger partial charge in [0.1, 0.15) is 11.4 Å². The largest absolute Gasteiger partial charge is 0.494 e. The highest BCUT2D eigenvalue weighted by Crippen LogP contribution is 2.38. The SMILES string of the molecule is COc1c(C)c(C(=O)O)cc(F)c1N1CCC(C)C1. The van der Waals surface area contributed by atoms with Crippen LogP contribution in [0.2, 0.25) is 0 Å². The van der Waals surface area contributed by atoms with Crippen molar-refractivity contribution in [3.05, 3.63) is 23.0 Å². The molecule has 1 atom stereocenters. The van der Waals surface area contributed by atoms with Crippen LogP contribution in [0.4, 0.5) is 10.1 Å². The van der Waals surface area contributed by atoms with Crippen molar-refractivity contribution in [2.45, 2.75) is 20.3 Å². The molecule has 19 heavy (non-hydrogen) atoms. The molecule has 104 valence electrons. The summed E-state index contributed by atoms with van der Waals surface area (Å²) in [5.74, 6) is -0.847. The molecule has 1 aromatic rings. The number of halogens is 1. The van der Waals surface area contributed by atoms with Gasteiger partial charge in [-0.25, -0.2) is 9.18 Å². The van der Waals surface area contributed by atoms with Gasteiger partial charge in [-0.15, -0.1) is 0 Å². The van der Waals surface area contributed by atoms with Crippen molar-refractivity contribution < 1.29 is 19.0 Å². The van der Waals surface area contributed by atoms with Crippen LogP contribution < -0.4 is 9.64 Å². The molecular weight excluding hydrogens is 249 g/mol. The highest BCUT2D eigenvalue weighted by atomic mass is 19.1. The van der Waals surface area contributed by atoms with Crippen LogP contribution in [0.25, 0.3) is 0 Å². The van der Waals surface area contributed by atoms with Gasteiger partial charge in [0.05, 0.1) is 12.7 Å². The zero-order valence-corrected chi connectivity index (χ0v) is 11.4. The minimum Gasteiger partial charge on any atom is -0.494 e. The first-order valence-corrected chi connectivity index (χ1v) is 6.31. The molecule has 1 fully saturated rings. The molecule has 1 saturated heterocycles. The Morgan fingerprint density at radius 3 is 2.74 bits per heavy atom. The summed E-state index contributed by atoms with van der Waals surface area (Å²) in [6.07, 6.45) is 1.00. The van der Waals surface area contributed by atoms with Gasteiger partial charge in [0, 0.05) is 18.7 Å². The van der Waals surface area contributed by atoms with E-state index < -0.39 is 11.8 Å². The summed E-state index contributed by atoms with van der Waals surface area (Å²) in [4.78, 5) is 13.0. The lowest BCUT2D eigenvalue weighted by Gasteiger charge is -2.23. The molecule has 5 heteroatoms. The quantitative estimate of drug-likeness (QED) is 0.914. The van der Waals surface area contributed by atoms with E-state index in [-0.39, 0.29) is 5.56 Å². The second-order valence-electron chi connectivity index (χ2n) is 5.06. The van der Waals surface area contributed by atoms with Gasteiger partial charge in [-0.3, -0.25) is 0 Å². The third-order valence-corrected chi connectivity index (χ3v) is 3.63. The van der Waals surface area contributed by atoms with Gasteiger partial charge in [-0.2, -0.15) is 0 Å². The van der Waals surface area contributed by atoms with Crippen LogP contribution in [0.15, 0.2) is 6.07 Å². The Bertz CT molecular complexity index is 516. The molecule has 4 nitrogen and oxygen atoms in total. The summed E-state index contributed by atoms with van der Waals surface area (Å²) in [5, 5.41) is 9.07. The molecule has 0 radical (unpaired) electrons. The maximum absolute atomic E-state index is 14.2. The minimum absolute atomic E-state index is 0.0506. The Labute approximate surface area is 111 Å². The number of anilines is 1. The zero-order chi connectivity index (χ0) is 14.2. The minimum atomic E-state index is -1.14. The zero-order valence-electron chi connectivity index (χ0n) is 11.4. The molecule has 1 N–H and O–H groups in total. The smallest absolute Gasteiger partial charge is 0.336 e. The molecular formula is C14H18FNO3. The Balaban J connectivity index is 2.55. The van der Waals surface area contributed by atoms with Crippen molar-refractivity contribution in [2.75, 3.05) is 25.1 Å². The number of carbonyl (C=O) groups is 1. The molecule has 1 aliphatic rings. The molecule has 0 aromatic heterocycles. The van der Waals surface area contributed by atoms with E-state index in [0.717, 1.165) is 25.6 Å². The second kappa shape index (κ2) is 5.07. The molecule has 1 heterocycles. The van der Waals surface area contributed by atoms with Gasteiger partial charge in [-0.05, 0) is 25.3 Å². The third-order valence-electron chi connectivity index (χ3n) is 3.63. The number of carboxylic acids is 1. The van der Waals surface area contributed by atoms with Gasteiger partial charge >= 0.3 is 5.97 Å². The molecule has 1 aliphatic heterocycles. The number of rotatable bonds is 3. The number of methoxy groups -OCH3 is 1. The van der Waals surface area contributed by atoms with Crippen molar-refractivity contribution in [3.8, 4) is 5.75 Å². The summed E-state index contributed by atoms with van der Waals surface area (Å²) < 4.78 is 19.5. The van der Waals surface area contributed by atoms with Crippen LogP contribution in [0.5, 0.6) is 5.75 Å². The van der Waals surface area contributed by atoms with Gasteiger partial charge < -0.3 is 14.7 Å². The Morgan fingerprint density at radius 2 is 2.26 bits per heavy atom. The lowest BCUT2D eigenvalue weighted by Crippen LogP contribution is -2.22. The van der Waals surface area contributed by atoms with E-state index in [9.17, 15) is 9.18 Å². The predicted octanol–water partition coefficient (Wildman–Crippen LogP) is 2.69. The Morgan fingerprint density at radius 1 is 1.58 bits per heavy atom. The molecule has 0 aliphatic carbocycles. The predicted molar refractivity (Wildman–Crippen MR) is 70.6 cm³/mol. The lowest BCUT2D eigenvalue weighted by atomic mass is 10.1. The third kappa shape index (κ3) is 2.37. The molecule has 1 aromatic carbocycles. The maximum atomic E-state index is 14.2. The van der Waals surface area contributed by atoms with Gasteiger partial charge in [0.15, 0.2) is 5.82 Å². The van der Waals surface area contributed by atoms with Crippen molar-refractivity contribution in [1.82, 2.24) is 0 Å². The summed E-state index contributed by atoms with van der Waals surface area (Å²) in [5.41, 5.74) is 0.797. The number of ether oxygens (including phenoxy) is 1. The van der Waals surface area contributed by atoms with Gasteiger partial charge in [0.2, 0.25) is 0 Å². The molecule has 0 bridgehead atoms. The number of hydrogen-bond donors (Lipinski definition) is 1.